The summed E-state index contributed by atoms with van der Waals surface area (Å²) in [4.78, 5) is 27.5. The molecule has 0 saturated carbocycles. The van der Waals surface area contributed by atoms with Crippen molar-refractivity contribution in [2.24, 2.45) is 11.8 Å². The van der Waals surface area contributed by atoms with Gasteiger partial charge in [-0.05, 0) is 37.3 Å². The summed E-state index contributed by atoms with van der Waals surface area (Å²) < 4.78 is 14.0. The van der Waals surface area contributed by atoms with Crippen LogP contribution in [0.15, 0.2) is 24.3 Å². The van der Waals surface area contributed by atoms with Crippen LogP contribution < -0.4 is 10.2 Å². The van der Waals surface area contributed by atoms with Crippen LogP contribution in [0.5, 0.6) is 0 Å². The molecule has 3 rings (SSSR count). The molecule has 2 aliphatic heterocycles. The van der Waals surface area contributed by atoms with E-state index in [2.05, 4.69) is 5.32 Å². The number of carboxylic acid groups (broad SMARTS) is 1. The number of amides is 2. The molecule has 142 valence electrons. The van der Waals surface area contributed by atoms with E-state index >= 15 is 0 Å². The number of hydrogen-bond donors (Lipinski definition) is 2. The van der Waals surface area contributed by atoms with Crippen LogP contribution in [0.1, 0.15) is 26.2 Å². The molecule has 3 atom stereocenters. The number of nitrogens with zero attached hydrogens (tertiary/aromatic N) is 2. The molecule has 0 aliphatic carbocycles. The van der Waals surface area contributed by atoms with E-state index in [4.69, 9.17) is 0 Å². The Morgan fingerprint density at radius 3 is 2.73 bits per heavy atom. The molecule has 1 aromatic carbocycles. The minimum absolute atomic E-state index is 0.0728. The van der Waals surface area contributed by atoms with Crippen molar-refractivity contribution < 1.29 is 19.1 Å². The fourth-order valence-electron chi connectivity index (χ4n) is 3.98. The maximum absolute atomic E-state index is 14.0. The minimum Gasteiger partial charge on any atom is -0.481 e. The Kier molecular flexibility index (Phi) is 5.64. The molecule has 7 heteroatoms. The van der Waals surface area contributed by atoms with Crippen LogP contribution in [0.25, 0.3) is 0 Å². The van der Waals surface area contributed by atoms with Gasteiger partial charge in [0, 0.05) is 32.2 Å². The first-order valence-corrected chi connectivity index (χ1v) is 9.21. The second-order valence-electron chi connectivity index (χ2n) is 7.47. The van der Waals surface area contributed by atoms with E-state index in [-0.39, 0.29) is 30.4 Å². The molecule has 2 heterocycles. The Morgan fingerprint density at radius 1 is 1.23 bits per heavy atom. The first-order chi connectivity index (χ1) is 12.4. The van der Waals surface area contributed by atoms with E-state index in [1.165, 1.54) is 6.07 Å². The molecule has 0 radical (unpaired) electrons. The van der Waals surface area contributed by atoms with Crippen molar-refractivity contribution in [1.82, 2.24) is 10.2 Å². The third kappa shape index (κ3) is 4.26. The highest BCUT2D eigenvalue weighted by Gasteiger charge is 2.33. The lowest BCUT2D eigenvalue weighted by molar-refractivity contribution is -0.143. The van der Waals surface area contributed by atoms with Crippen molar-refractivity contribution >= 4 is 17.7 Å². The minimum atomic E-state index is -0.849. The summed E-state index contributed by atoms with van der Waals surface area (Å²) in [6.45, 7) is 4.10. The largest absolute Gasteiger partial charge is 0.481 e. The first-order valence-electron chi connectivity index (χ1n) is 9.21. The topological polar surface area (TPSA) is 72.9 Å². The average molecular weight is 363 g/mol. The molecule has 0 bridgehead atoms. The van der Waals surface area contributed by atoms with Crippen molar-refractivity contribution in [3.63, 3.8) is 0 Å². The number of carboxylic acids is 1. The number of hydrogen-bond acceptors (Lipinski definition) is 3. The maximum atomic E-state index is 14.0. The van der Waals surface area contributed by atoms with E-state index in [0.29, 0.717) is 25.2 Å². The summed E-state index contributed by atoms with van der Waals surface area (Å²) in [5, 5.41) is 12.3. The lowest BCUT2D eigenvalue weighted by Crippen LogP contribution is -2.55. The van der Waals surface area contributed by atoms with Gasteiger partial charge in [0.25, 0.3) is 0 Å². The summed E-state index contributed by atoms with van der Waals surface area (Å²) in [6.07, 6.45) is 2.31. The van der Waals surface area contributed by atoms with E-state index in [1.54, 1.807) is 17.0 Å². The Labute approximate surface area is 153 Å². The Morgan fingerprint density at radius 2 is 2.00 bits per heavy atom. The monoisotopic (exact) mass is 363 g/mol. The van der Waals surface area contributed by atoms with Gasteiger partial charge in [0.15, 0.2) is 0 Å². The van der Waals surface area contributed by atoms with Gasteiger partial charge in [-0.3, -0.25) is 4.79 Å². The van der Waals surface area contributed by atoms with Gasteiger partial charge in [-0.15, -0.1) is 0 Å². The Balaban J connectivity index is 1.60. The van der Waals surface area contributed by atoms with Gasteiger partial charge in [-0.2, -0.15) is 0 Å². The Hall–Kier alpha value is -2.31. The van der Waals surface area contributed by atoms with Crippen LogP contribution in [0.2, 0.25) is 0 Å². The number of para-hydroxylation sites is 1. The van der Waals surface area contributed by atoms with E-state index in [0.717, 1.165) is 19.4 Å². The summed E-state index contributed by atoms with van der Waals surface area (Å²) in [7, 11) is 0. The highest BCUT2D eigenvalue weighted by molar-refractivity contribution is 5.77. The highest BCUT2D eigenvalue weighted by atomic mass is 19.1. The lowest BCUT2D eigenvalue weighted by atomic mass is 9.91. The summed E-state index contributed by atoms with van der Waals surface area (Å²) >= 11 is 0. The molecule has 2 aliphatic rings. The standard InChI is InChI=1S/C19H26FN3O3/c1-13-9-14(18(24)25)11-23(10-13)19(26)21-15-5-4-8-22(12-15)17-7-3-2-6-16(17)20/h2-3,6-7,13-15H,4-5,8-12H2,1H3,(H,21,26)(H,24,25). The predicted molar refractivity (Wildman–Crippen MR) is 96.6 cm³/mol. The van der Waals surface area contributed by atoms with Gasteiger partial charge in [-0.1, -0.05) is 19.1 Å². The number of nitrogens with one attached hydrogen (secondary N) is 1. The predicted octanol–water partition coefficient (Wildman–Crippen LogP) is 2.55. The average Bonchev–Trinajstić information content (AvgIpc) is 2.61. The molecular weight excluding hydrogens is 337 g/mol. The number of aliphatic carboxylic acids is 1. The van der Waals surface area contributed by atoms with Crippen LogP contribution in [-0.4, -0.2) is 54.2 Å². The van der Waals surface area contributed by atoms with E-state index < -0.39 is 11.9 Å². The maximum Gasteiger partial charge on any atom is 0.317 e. The summed E-state index contributed by atoms with van der Waals surface area (Å²) in [5.41, 5.74) is 0.559. The van der Waals surface area contributed by atoms with E-state index in [9.17, 15) is 19.1 Å². The van der Waals surface area contributed by atoms with Crippen molar-refractivity contribution in [1.29, 1.82) is 0 Å². The van der Waals surface area contributed by atoms with Gasteiger partial charge in [0.1, 0.15) is 5.82 Å². The molecule has 2 N–H and O–H groups in total. The second-order valence-corrected chi connectivity index (χ2v) is 7.47. The second kappa shape index (κ2) is 7.93. The zero-order chi connectivity index (χ0) is 18.7. The van der Waals surface area contributed by atoms with Gasteiger partial charge in [0.05, 0.1) is 11.6 Å². The summed E-state index contributed by atoms with van der Waals surface area (Å²) in [5.74, 6) is -1.45. The van der Waals surface area contributed by atoms with Gasteiger partial charge in [-0.25, -0.2) is 9.18 Å². The van der Waals surface area contributed by atoms with Gasteiger partial charge < -0.3 is 20.2 Å². The molecule has 26 heavy (non-hydrogen) atoms. The zero-order valence-corrected chi connectivity index (χ0v) is 15.0. The van der Waals surface area contributed by atoms with Crippen LogP contribution in [0.4, 0.5) is 14.9 Å². The first kappa shape index (κ1) is 18.5. The lowest BCUT2D eigenvalue weighted by Gasteiger charge is -2.38. The molecule has 2 fully saturated rings. The number of halogens is 1. The molecule has 6 nitrogen and oxygen atoms in total. The highest BCUT2D eigenvalue weighted by Crippen LogP contribution is 2.24. The number of likely N-dealkylation sites (tertiary alicyclic amines) is 1. The van der Waals surface area contributed by atoms with E-state index in [1.807, 2.05) is 17.9 Å². The quantitative estimate of drug-likeness (QED) is 0.866. The molecule has 3 unspecified atom stereocenters. The molecular formula is C19H26FN3O3. The van der Waals surface area contributed by atoms with Crippen LogP contribution in [0.3, 0.4) is 0 Å². The number of urea groups is 1. The van der Waals surface area contributed by atoms with Crippen molar-refractivity contribution in [3.8, 4) is 0 Å². The third-order valence-corrected chi connectivity index (χ3v) is 5.24. The summed E-state index contributed by atoms with van der Waals surface area (Å²) in [6, 6.07) is 6.38. The smallest absolute Gasteiger partial charge is 0.317 e. The number of piperidine rings is 2. The fraction of sp³-hybridized carbons (Fsp3) is 0.579. The van der Waals surface area contributed by atoms with Crippen molar-refractivity contribution in [3.05, 3.63) is 30.1 Å². The Bertz CT molecular complexity index is 669. The zero-order valence-electron chi connectivity index (χ0n) is 15.0. The molecule has 2 amide bonds. The number of carbonyl (C=O) groups is 2. The molecule has 1 aromatic rings. The van der Waals surface area contributed by atoms with Gasteiger partial charge >= 0.3 is 12.0 Å². The van der Waals surface area contributed by atoms with Crippen molar-refractivity contribution in [2.45, 2.75) is 32.2 Å². The normalized spacial score (nSPS) is 26.5. The number of carbonyl (C=O) groups excluding carboxylic acids is 1. The number of rotatable bonds is 3. The van der Waals surface area contributed by atoms with Crippen molar-refractivity contribution in [2.75, 3.05) is 31.1 Å². The SMILES string of the molecule is CC1CC(C(=O)O)CN(C(=O)NC2CCCN(c3ccccc3F)C2)C1. The van der Waals surface area contributed by atoms with Crippen LogP contribution in [-0.2, 0) is 4.79 Å². The third-order valence-electron chi connectivity index (χ3n) is 5.24. The molecule has 2 saturated heterocycles. The number of anilines is 1. The molecule has 0 spiro atoms. The number of benzene rings is 1. The van der Waals surface area contributed by atoms with Crippen LogP contribution in [0, 0.1) is 17.7 Å². The molecule has 0 aromatic heterocycles. The van der Waals surface area contributed by atoms with Crippen LogP contribution >= 0.6 is 0 Å². The fourth-order valence-corrected chi connectivity index (χ4v) is 3.98. The van der Waals surface area contributed by atoms with Gasteiger partial charge in [0.2, 0.25) is 0 Å².